The second-order valence-electron chi connectivity index (χ2n) is 4.28. The number of amides is 1. The summed E-state index contributed by atoms with van der Waals surface area (Å²) < 4.78 is 5.65. The van der Waals surface area contributed by atoms with E-state index in [1.807, 2.05) is 13.8 Å². The first kappa shape index (κ1) is 15.0. The van der Waals surface area contributed by atoms with Crippen molar-refractivity contribution >= 4 is 27.5 Å². The van der Waals surface area contributed by atoms with Crippen molar-refractivity contribution in [2.24, 2.45) is 0 Å². The number of carbonyl (C=O) groups excluding carboxylic acids is 1. The molecule has 0 bridgehead atoms. The van der Waals surface area contributed by atoms with Crippen molar-refractivity contribution in [2.45, 2.75) is 32.8 Å². The van der Waals surface area contributed by atoms with Crippen LogP contribution < -0.4 is 5.32 Å². The van der Waals surface area contributed by atoms with Gasteiger partial charge in [-0.2, -0.15) is 0 Å². The molecule has 0 aliphatic heterocycles. The number of carbonyl (C=O) groups is 1. The number of hydrogen-bond acceptors (Lipinski definition) is 3. The largest absolute Gasteiger partial charge is 0.505 e. The zero-order valence-electron chi connectivity index (χ0n) is 10.8. The molecule has 0 radical (unpaired) electrons. The average Bonchev–Trinajstić information content (AvgIpc) is 2.32. The summed E-state index contributed by atoms with van der Waals surface area (Å²) in [5.41, 5.74) is 1.39. The summed E-state index contributed by atoms with van der Waals surface area (Å²) in [6, 6.07) is 3.52. The minimum absolute atomic E-state index is 0.0496. The molecule has 1 aromatic carbocycles. The van der Waals surface area contributed by atoms with Gasteiger partial charge in [0.25, 0.3) is 0 Å². The number of phenolic OH excluding ortho intramolecular Hbond substituents is 1. The Kier molecular flexibility index (Phi) is 5.62. The van der Waals surface area contributed by atoms with E-state index in [1.54, 1.807) is 19.2 Å². The third-order valence-corrected chi connectivity index (χ3v) is 3.27. The molecule has 1 rings (SSSR count). The van der Waals surface area contributed by atoms with E-state index in [1.165, 1.54) is 0 Å². The molecule has 100 valence electrons. The van der Waals surface area contributed by atoms with Crippen LogP contribution in [0.2, 0.25) is 0 Å². The monoisotopic (exact) mass is 315 g/mol. The summed E-state index contributed by atoms with van der Waals surface area (Å²) in [4.78, 5) is 11.7. The van der Waals surface area contributed by atoms with E-state index in [-0.39, 0.29) is 17.8 Å². The number of halogens is 1. The minimum Gasteiger partial charge on any atom is -0.505 e. The lowest BCUT2D eigenvalue weighted by Gasteiger charge is -2.11. The second kappa shape index (κ2) is 6.75. The number of hydrogen-bond donors (Lipinski definition) is 2. The maximum Gasteiger partial charge on any atom is 0.224 e. The molecular weight excluding hydrogens is 298 g/mol. The maximum atomic E-state index is 11.7. The molecule has 0 aromatic heterocycles. The van der Waals surface area contributed by atoms with Crippen molar-refractivity contribution in [2.75, 3.05) is 12.4 Å². The molecule has 1 aromatic rings. The molecule has 18 heavy (non-hydrogen) atoms. The second-order valence-corrected chi connectivity index (χ2v) is 5.13. The Morgan fingerprint density at radius 3 is 2.83 bits per heavy atom. The van der Waals surface area contributed by atoms with Crippen molar-refractivity contribution in [1.82, 2.24) is 0 Å². The highest BCUT2D eigenvalue weighted by molar-refractivity contribution is 9.10. The van der Waals surface area contributed by atoms with Crippen LogP contribution in [-0.2, 0) is 9.53 Å². The quantitative estimate of drug-likeness (QED) is 0.820. The van der Waals surface area contributed by atoms with Crippen LogP contribution in [0, 0.1) is 6.92 Å². The van der Waals surface area contributed by atoms with Crippen LogP contribution in [0.1, 0.15) is 25.3 Å². The van der Waals surface area contributed by atoms with Crippen LogP contribution >= 0.6 is 15.9 Å². The molecule has 0 heterocycles. The number of methoxy groups -OCH3 is 1. The van der Waals surface area contributed by atoms with E-state index >= 15 is 0 Å². The van der Waals surface area contributed by atoms with Crippen LogP contribution in [0.15, 0.2) is 16.6 Å². The van der Waals surface area contributed by atoms with E-state index in [9.17, 15) is 9.90 Å². The van der Waals surface area contributed by atoms with Crippen molar-refractivity contribution in [1.29, 1.82) is 0 Å². The van der Waals surface area contributed by atoms with Crippen LogP contribution in [0.4, 0.5) is 5.69 Å². The molecule has 1 unspecified atom stereocenters. The van der Waals surface area contributed by atoms with Gasteiger partial charge in [-0.1, -0.05) is 0 Å². The number of nitrogens with one attached hydrogen (secondary N) is 1. The van der Waals surface area contributed by atoms with E-state index in [4.69, 9.17) is 4.74 Å². The van der Waals surface area contributed by atoms with Gasteiger partial charge in [0.2, 0.25) is 5.91 Å². The van der Waals surface area contributed by atoms with Gasteiger partial charge in [0.15, 0.2) is 5.75 Å². The van der Waals surface area contributed by atoms with Gasteiger partial charge < -0.3 is 15.2 Å². The first-order valence-corrected chi connectivity index (χ1v) is 6.55. The van der Waals surface area contributed by atoms with Gasteiger partial charge in [-0.05, 0) is 53.9 Å². The van der Waals surface area contributed by atoms with Crippen molar-refractivity contribution in [3.05, 3.63) is 22.2 Å². The van der Waals surface area contributed by atoms with E-state index in [2.05, 4.69) is 21.2 Å². The van der Waals surface area contributed by atoms with Crippen LogP contribution in [0.5, 0.6) is 5.75 Å². The van der Waals surface area contributed by atoms with Crippen molar-refractivity contribution < 1.29 is 14.6 Å². The Balaban J connectivity index is 2.65. The summed E-state index contributed by atoms with van der Waals surface area (Å²) in [5, 5.41) is 12.5. The average molecular weight is 316 g/mol. The number of aromatic hydroxyl groups is 1. The Morgan fingerprint density at radius 1 is 1.56 bits per heavy atom. The summed E-state index contributed by atoms with van der Waals surface area (Å²) in [6.45, 7) is 3.81. The summed E-state index contributed by atoms with van der Waals surface area (Å²) >= 11 is 3.24. The third-order valence-electron chi connectivity index (χ3n) is 2.66. The number of rotatable bonds is 5. The summed E-state index contributed by atoms with van der Waals surface area (Å²) in [6.07, 6.45) is 1.06. The van der Waals surface area contributed by atoms with E-state index in [0.717, 1.165) is 5.56 Å². The van der Waals surface area contributed by atoms with Crippen LogP contribution in [0.25, 0.3) is 0 Å². The summed E-state index contributed by atoms with van der Waals surface area (Å²) in [5.74, 6) is -0.0829. The standard InChI is InChI=1S/C13H18BrNO3/c1-8-6-10(14)13(17)11(7-8)15-12(16)5-4-9(2)18-3/h6-7,9,17H,4-5H2,1-3H3,(H,15,16). The summed E-state index contributed by atoms with van der Waals surface area (Å²) in [7, 11) is 1.62. The minimum atomic E-state index is -0.133. The predicted molar refractivity (Wildman–Crippen MR) is 74.9 cm³/mol. The third kappa shape index (κ3) is 4.31. The molecule has 4 nitrogen and oxygen atoms in total. The fourth-order valence-electron chi connectivity index (χ4n) is 1.49. The molecule has 0 spiro atoms. The van der Waals surface area contributed by atoms with E-state index < -0.39 is 0 Å². The fraction of sp³-hybridized carbons (Fsp3) is 0.462. The highest BCUT2D eigenvalue weighted by Gasteiger charge is 2.11. The lowest BCUT2D eigenvalue weighted by molar-refractivity contribution is -0.116. The molecule has 1 amide bonds. The van der Waals surface area contributed by atoms with Gasteiger partial charge in [-0.25, -0.2) is 0 Å². The molecule has 0 saturated carbocycles. The molecule has 5 heteroatoms. The number of benzene rings is 1. The maximum absolute atomic E-state index is 11.7. The highest BCUT2D eigenvalue weighted by Crippen LogP contribution is 2.33. The first-order chi connectivity index (χ1) is 8.43. The van der Waals surface area contributed by atoms with Gasteiger partial charge >= 0.3 is 0 Å². The van der Waals surface area contributed by atoms with Gasteiger partial charge in [0.05, 0.1) is 16.3 Å². The van der Waals surface area contributed by atoms with Crippen molar-refractivity contribution in [3.63, 3.8) is 0 Å². The smallest absolute Gasteiger partial charge is 0.224 e. The number of aryl methyl sites for hydroxylation is 1. The van der Waals surface area contributed by atoms with Gasteiger partial charge in [-0.15, -0.1) is 0 Å². The number of anilines is 1. The van der Waals surface area contributed by atoms with E-state index in [0.29, 0.717) is 23.0 Å². The SMILES string of the molecule is COC(C)CCC(=O)Nc1cc(C)cc(Br)c1O. The highest BCUT2D eigenvalue weighted by atomic mass is 79.9. The zero-order chi connectivity index (χ0) is 13.7. The van der Waals surface area contributed by atoms with Gasteiger partial charge in [0.1, 0.15) is 0 Å². The molecule has 0 saturated heterocycles. The normalized spacial score (nSPS) is 12.2. The molecule has 0 fully saturated rings. The number of ether oxygens (including phenoxy) is 1. The fourth-order valence-corrected chi connectivity index (χ4v) is 2.07. The Bertz CT molecular complexity index is 434. The molecule has 0 aliphatic carbocycles. The first-order valence-electron chi connectivity index (χ1n) is 5.75. The lowest BCUT2D eigenvalue weighted by atomic mass is 10.2. The molecular formula is C13H18BrNO3. The van der Waals surface area contributed by atoms with Crippen LogP contribution in [-0.4, -0.2) is 24.2 Å². The molecule has 2 N–H and O–H groups in total. The lowest BCUT2D eigenvalue weighted by Crippen LogP contribution is -2.15. The number of phenols is 1. The molecule has 0 aliphatic rings. The molecule has 1 atom stereocenters. The van der Waals surface area contributed by atoms with Crippen molar-refractivity contribution in [3.8, 4) is 5.75 Å². The zero-order valence-corrected chi connectivity index (χ0v) is 12.4. The predicted octanol–water partition coefficient (Wildman–Crippen LogP) is 3.22. The Hall–Kier alpha value is -1.07. The topological polar surface area (TPSA) is 58.6 Å². The van der Waals surface area contributed by atoms with Gasteiger partial charge in [-0.3, -0.25) is 4.79 Å². The van der Waals surface area contributed by atoms with Gasteiger partial charge in [0, 0.05) is 13.5 Å². The Labute approximate surface area is 115 Å². The Morgan fingerprint density at radius 2 is 2.22 bits per heavy atom. The van der Waals surface area contributed by atoms with Crippen LogP contribution in [0.3, 0.4) is 0 Å².